The van der Waals surface area contributed by atoms with Crippen molar-refractivity contribution in [1.82, 2.24) is 14.2 Å². The number of carbonyl (C=O) groups is 1. The minimum Gasteiger partial charge on any atom is -0.408 e. The van der Waals surface area contributed by atoms with Gasteiger partial charge in [-0.15, -0.1) is 0 Å². The summed E-state index contributed by atoms with van der Waals surface area (Å²) in [5, 5.41) is 0. The number of hydrogen-bond acceptors (Lipinski definition) is 5. The minimum absolute atomic E-state index is 0.106. The van der Waals surface area contributed by atoms with Crippen molar-refractivity contribution in [3.8, 4) is 0 Å². The number of nitrogens with one attached hydrogen (secondary N) is 1. The average molecular weight is 351 g/mol. The molecule has 9 heteroatoms. The Balaban J connectivity index is 1.53. The number of oxazole rings is 1. The number of sulfonamides is 1. The van der Waals surface area contributed by atoms with Crippen LogP contribution < -0.4 is 5.76 Å². The maximum absolute atomic E-state index is 12.8. The summed E-state index contributed by atoms with van der Waals surface area (Å²) in [5.74, 6) is -0.329. The van der Waals surface area contributed by atoms with Crippen LogP contribution >= 0.6 is 0 Å². The molecule has 0 spiro atoms. The smallest absolute Gasteiger partial charge is 0.408 e. The lowest BCUT2D eigenvalue weighted by Crippen LogP contribution is -2.50. The highest BCUT2D eigenvalue weighted by atomic mass is 32.2. The maximum Gasteiger partial charge on any atom is 0.417 e. The quantitative estimate of drug-likeness (QED) is 0.860. The van der Waals surface area contributed by atoms with Crippen molar-refractivity contribution in [3.05, 3.63) is 28.7 Å². The monoisotopic (exact) mass is 351 g/mol. The van der Waals surface area contributed by atoms with Crippen molar-refractivity contribution in [2.45, 2.75) is 17.7 Å². The van der Waals surface area contributed by atoms with Crippen LogP contribution in [0.2, 0.25) is 0 Å². The molecule has 1 aromatic heterocycles. The fourth-order valence-electron chi connectivity index (χ4n) is 2.98. The molecule has 1 saturated carbocycles. The topological polar surface area (TPSA) is 104 Å². The minimum atomic E-state index is -3.67. The molecule has 2 aromatic rings. The molecule has 8 nitrogen and oxygen atoms in total. The van der Waals surface area contributed by atoms with Gasteiger partial charge in [-0.2, -0.15) is 4.31 Å². The summed E-state index contributed by atoms with van der Waals surface area (Å²) >= 11 is 0. The number of aromatic nitrogens is 1. The second-order valence-corrected chi connectivity index (χ2v) is 8.11. The first kappa shape index (κ1) is 15.4. The van der Waals surface area contributed by atoms with Gasteiger partial charge in [0.1, 0.15) is 0 Å². The Bertz CT molecular complexity index is 949. The van der Waals surface area contributed by atoms with Crippen LogP contribution in [0.25, 0.3) is 11.1 Å². The molecule has 1 aliphatic carbocycles. The second-order valence-electron chi connectivity index (χ2n) is 6.18. The lowest BCUT2D eigenvalue weighted by atomic mass is 10.3. The SMILES string of the molecule is O=C(C1CC1)N1CCN(S(=O)(=O)c2ccc3oc(=O)[nH]c3c2)CC1. The summed E-state index contributed by atoms with van der Waals surface area (Å²) in [6.45, 7) is 1.39. The van der Waals surface area contributed by atoms with Gasteiger partial charge in [-0.05, 0) is 31.0 Å². The van der Waals surface area contributed by atoms with E-state index in [4.69, 9.17) is 4.42 Å². The fraction of sp³-hybridized carbons (Fsp3) is 0.467. The molecule has 4 rings (SSSR count). The molecule has 1 aromatic carbocycles. The molecular weight excluding hydrogens is 334 g/mol. The van der Waals surface area contributed by atoms with E-state index in [2.05, 4.69) is 4.98 Å². The zero-order chi connectivity index (χ0) is 16.9. The average Bonchev–Trinajstić information content (AvgIpc) is 3.35. The number of piperazine rings is 1. The molecule has 0 unspecified atom stereocenters. The molecule has 1 aliphatic heterocycles. The number of H-pyrrole nitrogens is 1. The van der Waals surface area contributed by atoms with Crippen LogP contribution in [0.3, 0.4) is 0 Å². The molecular formula is C15H17N3O5S. The van der Waals surface area contributed by atoms with Crippen LogP contribution in [0.4, 0.5) is 0 Å². The van der Waals surface area contributed by atoms with Gasteiger partial charge < -0.3 is 9.32 Å². The first-order valence-electron chi connectivity index (χ1n) is 7.87. The van der Waals surface area contributed by atoms with E-state index in [0.29, 0.717) is 24.2 Å². The summed E-state index contributed by atoms with van der Waals surface area (Å²) in [6.07, 6.45) is 1.89. The molecule has 0 bridgehead atoms. The van der Waals surface area contributed by atoms with Crippen LogP contribution in [0.15, 0.2) is 32.3 Å². The van der Waals surface area contributed by atoms with Gasteiger partial charge in [0.15, 0.2) is 5.58 Å². The Kier molecular flexibility index (Phi) is 3.50. The third kappa shape index (κ3) is 2.63. The number of nitrogens with zero attached hydrogens (tertiary/aromatic N) is 2. The molecule has 2 heterocycles. The number of hydrogen-bond donors (Lipinski definition) is 1. The lowest BCUT2D eigenvalue weighted by Gasteiger charge is -2.34. The van der Waals surface area contributed by atoms with Gasteiger partial charge in [-0.3, -0.25) is 9.78 Å². The van der Waals surface area contributed by atoms with Crippen molar-refractivity contribution >= 4 is 27.0 Å². The fourth-order valence-corrected chi connectivity index (χ4v) is 4.43. The van der Waals surface area contributed by atoms with Crippen molar-refractivity contribution in [2.24, 2.45) is 5.92 Å². The molecule has 24 heavy (non-hydrogen) atoms. The van der Waals surface area contributed by atoms with Crippen LogP contribution in [0.1, 0.15) is 12.8 Å². The Hall–Kier alpha value is -2.13. The molecule has 0 atom stereocenters. The first-order chi connectivity index (χ1) is 11.4. The van der Waals surface area contributed by atoms with Gasteiger partial charge in [0, 0.05) is 32.1 Å². The number of aromatic amines is 1. The van der Waals surface area contributed by atoms with E-state index in [0.717, 1.165) is 12.8 Å². The van der Waals surface area contributed by atoms with Gasteiger partial charge >= 0.3 is 5.76 Å². The first-order valence-corrected chi connectivity index (χ1v) is 9.31. The standard InChI is InChI=1S/C15H17N3O5S/c19-14(10-1-2-10)17-5-7-18(8-6-17)24(21,22)11-3-4-13-12(9-11)16-15(20)23-13/h3-4,9-10H,1-2,5-8H2,(H,16,20). The van der Waals surface area contributed by atoms with Gasteiger partial charge in [0.25, 0.3) is 0 Å². The van der Waals surface area contributed by atoms with Gasteiger partial charge in [-0.25, -0.2) is 13.2 Å². The van der Waals surface area contributed by atoms with Crippen molar-refractivity contribution in [3.63, 3.8) is 0 Å². The summed E-state index contributed by atoms with van der Waals surface area (Å²) < 4.78 is 31.8. The third-order valence-electron chi connectivity index (χ3n) is 4.51. The predicted molar refractivity (Wildman–Crippen MR) is 84.9 cm³/mol. The van der Waals surface area contributed by atoms with Crippen molar-refractivity contribution in [1.29, 1.82) is 0 Å². The third-order valence-corrected chi connectivity index (χ3v) is 6.40. The highest BCUT2D eigenvalue weighted by molar-refractivity contribution is 7.89. The van der Waals surface area contributed by atoms with Crippen LogP contribution in [-0.4, -0.2) is 54.7 Å². The van der Waals surface area contributed by atoms with Gasteiger partial charge in [0.05, 0.1) is 10.4 Å². The number of amides is 1. The molecule has 0 radical (unpaired) electrons. The Morgan fingerprint density at radius 3 is 2.54 bits per heavy atom. The predicted octanol–water partition coefficient (Wildman–Crippen LogP) is 0.364. The summed E-state index contributed by atoms with van der Waals surface area (Å²) in [6, 6.07) is 4.29. The molecule has 2 aliphatic rings. The number of benzene rings is 1. The molecule has 1 amide bonds. The summed E-state index contributed by atoms with van der Waals surface area (Å²) in [5.41, 5.74) is 0.669. The van der Waals surface area contributed by atoms with E-state index >= 15 is 0 Å². The summed E-state index contributed by atoms with van der Waals surface area (Å²) in [7, 11) is -3.67. The highest BCUT2D eigenvalue weighted by Crippen LogP contribution is 2.31. The van der Waals surface area contributed by atoms with Crippen LogP contribution in [0.5, 0.6) is 0 Å². The summed E-state index contributed by atoms with van der Waals surface area (Å²) in [4.78, 5) is 27.6. The normalized spacial score (nSPS) is 19.8. The number of carbonyl (C=O) groups excluding carboxylic acids is 1. The van der Waals surface area contributed by atoms with E-state index in [1.807, 2.05) is 0 Å². The van der Waals surface area contributed by atoms with E-state index in [1.54, 1.807) is 4.90 Å². The lowest BCUT2D eigenvalue weighted by molar-refractivity contribution is -0.133. The van der Waals surface area contributed by atoms with E-state index in [-0.39, 0.29) is 29.8 Å². The number of rotatable bonds is 3. The molecule has 2 fully saturated rings. The largest absolute Gasteiger partial charge is 0.417 e. The maximum atomic E-state index is 12.8. The zero-order valence-electron chi connectivity index (χ0n) is 12.9. The van der Waals surface area contributed by atoms with Crippen LogP contribution in [-0.2, 0) is 14.8 Å². The van der Waals surface area contributed by atoms with E-state index in [1.165, 1.54) is 22.5 Å². The van der Waals surface area contributed by atoms with Crippen molar-refractivity contribution in [2.75, 3.05) is 26.2 Å². The number of fused-ring (bicyclic) bond motifs is 1. The van der Waals surface area contributed by atoms with E-state index < -0.39 is 15.8 Å². The highest BCUT2D eigenvalue weighted by Gasteiger charge is 2.36. The molecule has 1 saturated heterocycles. The molecule has 1 N–H and O–H groups in total. The Labute approximate surface area is 138 Å². The van der Waals surface area contributed by atoms with Crippen molar-refractivity contribution < 1.29 is 17.6 Å². The Morgan fingerprint density at radius 1 is 1.17 bits per heavy atom. The zero-order valence-corrected chi connectivity index (χ0v) is 13.7. The van der Waals surface area contributed by atoms with Gasteiger partial charge in [0.2, 0.25) is 15.9 Å². The Morgan fingerprint density at radius 2 is 1.88 bits per heavy atom. The van der Waals surface area contributed by atoms with Gasteiger partial charge in [-0.1, -0.05) is 0 Å². The van der Waals surface area contributed by atoms with Crippen LogP contribution in [0, 0.1) is 5.92 Å². The second kappa shape index (κ2) is 5.45. The van der Waals surface area contributed by atoms with E-state index in [9.17, 15) is 18.0 Å². The molecule has 128 valence electrons.